The van der Waals surface area contributed by atoms with E-state index in [2.05, 4.69) is 5.32 Å². The molecule has 1 aromatic rings. The highest BCUT2D eigenvalue weighted by Gasteiger charge is 2.21. The lowest BCUT2D eigenvalue weighted by molar-refractivity contribution is -0.116. The predicted octanol–water partition coefficient (Wildman–Crippen LogP) is 2.50. The summed E-state index contributed by atoms with van der Waals surface area (Å²) in [7, 11) is -3.42. The Morgan fingerprint density at radius 3 is 2.52 bits per heavy atom. The number of carbonyl (C=O) groups excluding carboxylic acids is 1. The van der Waals surface area contributed by atoms with Crippen LogP contribution in [0.25, 0.3) is 0 Å². The van der Waals surface area contributed by atoms with Crippen LogP contribution in [0.3, 0.4) is 0 Å². The molecule has 21 heavy (non-hydrogen) atoms. The summed E-state index contributed by atoms with van der Waals surface area (Å²) in [5.41, 5.74) is 1.45. The van der Waals surface area contributed by atoms with Crippen molar-refractivity contribution in [3.05, 3.63) is 28.8 Å². The molecule has 118 valence electrons. The molecule has 0 aliphatic carbocycles. The molecule has 0 aromatic heterocycles. The Labute approximate surface area is 131 Å². The molecular weight excluding hydrogens is 312 g/mol. The molecule has 1 N–H and O–H groups in total. The van der Waals surface area contributed by atoms with Crippen molar-refractivity contribution in [1.29, 1.82) is 0 Å². The number of hydrogen-bond donors (Lipinski definition) is 1. The zero-order chi connectivity index (χ0) is 16.2. The first-order valence-corrected chi connectivity index (χ1v) is 8.83. The first-order valence-electron chi connectivity index (χ1n) is 6.60. The van der Waals surface area contributed by atoms with E-state index in [1.54, 1.807) is 18.2 Å². The zero-order valence-corrected chi connectivity index (χ0v) is 14.3. The van der Waals surface area contributed by atoms with Gasteiger partial charge in [-0.3, -0.25) is 4.79 Å². The molecular formula is C14H21ClN2O3S. The number of sulfonamides is 1. The fourth-order valence-corrected chi connectivity index (χ4v) is 2.90. The van der Waals surface area contributed by atoms with Gasteiger partial charge in [-0.05, 0) is 30.5 Å². The van der Waals surface area contributed by atoms with E-state index in [1.807, 2.05) is 20.8 Å². The quantitative estimate of drug-likeness (QED) is 0.870. The molecule has 5 nitrogen and oxygen atoms in total. The molecule has 0 aliphatic heterocycles. The molecule has 0 unspecified atom stereocenters. The maximum Gasteiger partial charge on any atom is 0.239 e. The van der Waals surface area contributed by atoms with Crippen molar-refractivity contribution < 1.29 is 13.2 Å². The highest BCUT2D eigenvalue weighted by atomic mass is 35.5. The maximum atomic E-state index is 12.1. The van der Waals surface area contributed by atoms with Crippen LogP contribution in [0.5, 0.6) is 0 Å². The Kier molecular flexibility index (Phi) is 6.19. The van der Waals surface area contributed by atoms with Gasteiger partial charge in [-0.15, -0.1) is 0 Å². The summed E-state index contributed by atoms with van der Waals surface area (Å²) < 4.78 is 24.6. The van der Waals surface area contributed by atoms with E-state index >= 15 is 0 Å². The number of halogens is 1. The van der Waals surface area contributed by atoms with E-state index in [1.165, 1.54) is 4.31 Å². The molecule has 0 radical (unpaired) electrons. The summed E-state index contributed by atoms with van der Waals surface area (Å²) in [6, 6.07) is 5.16. The Balaban J connectivity index is 2.81. The third-order valence-corrected chi connectivity index (χ3v) is 4.28. The molecule has 0 spiro atoms. The lowest BCUT2D eigenvalue weighted by atomic mass is 10.2. The van der Waals surface area contributed by atoms with E-state index in [9.17, 15) is 13.2 Å². The van der Waals surface area contributed by atoms with Crippen molar-refractivity contribution >= 4 is 33.2 Å². The van der Waals surface area contributed by atoms with Crippen LogP contribution >= 0.6 is 11.6 Å². The molecule has 0 heterocycles. The molecule has 0 fully saturated rings. The van der Waals surface area contributed by atoms with Gasteiger partial charge >= 0.3 is 0 Å². The van der Waals surface area contributed by atoms with E-state index in [4.69, 9.17) is 11.6 Å². The summed E-state index contributed by atoms with van der Waals surface area (Å²) in [4.78, 5) is 12.1. The van der Waals surface area contributed by atoms with Gasteiger partial charge < -0.3 is 5.32 Å². The number of aryl methyl sites for hydroxylation is 1. The second kappa shape index (κ2) is 7.24. The van der Waals surface area contributed by atoms with Crippen molar-refractivity contribution in [3.63, 3.8) is 0 Å². The van der Waals surface area contributed by atoms with Crippen molar-refractivity contribution in [2.75, 3.05) is 24.7 Å². The van der Waals surface area contributed by atoms with Crippen LogP contribution in [0.4, 0.5) is 5.69 Å². The van der Waals surface area contributed by atoms with E-state index in [-0.39, 0.29) is 18.4 Å². The van der Waals surface area contributed by atoms with Gasteiger partial charge in [0.2, 0.25) is 15.9 Å². The second-order valence-corrected chi connectivity index (χ2v) is 7.88. The minimum absolute atomic E-state index is 0.139. The SMILES string of the molecule is Cc1ccc(Cl)cc1NC(=O)CN(CC(C)C)S(C)(=O)=O. The van der Waals surface area contributed by atoms with Crippen LogP contribution in [0.2, 0.25) is 5.02 Å². The van der Waals surface area contributed by atoms with Crippen LogP contribution in [0.15, 0.2) is 18.2 Å². The first kappa shape index (κ1) is 17.9. The molecule has 7 heteroatoms. The van der Waals surface area contributed by atoms with Crippen LogP contribution in [-0.4, -0.2) is 38.0 Å². The number of hydrogen-bond acceptors (Lipinski definition) is 3. The van der Waals surface area contributed by atoms with Gasteiger partial charge in [-0.1, -0.05) is 31.5 Å². The number of benzene rings is 1. The van der Waals surface area contributed by atoms with E-state index in [0.717, 1.165) is 11.8 Å². The van der Waals surface area contributed by atoms with Crippen molar-refractivity contribution in [1.82, 2.24) is 4.31 Å². The van der Waals surface area contributed by atoms with E-state index in [0.29, 0.717) is 17.3 Å². The third-order valence-electron chi connectivity index (χ3n) is 2.83. The van der Waals surface area contributed by atoms with Crippen molar-refractivity contribution in [2.24, 2.45) is 5.92 Å². The van der Waals surface area contributed by atoms with Crippen LogP contribution in [0, 0.1) is 12.8 Å². The highest BCUT2D eigenvalue weighted by Crippen LogP contribution is 2.20. The predicted molar refractivity (Wildman–Crippen MR) is 86.1 cm³/mol. The Morgan fingerprint density at radius 2 is 2.00 bits per heavy atom. The summed E-state index contributed by atoms with van der Waals surface area (Å²) in [6.45, 7) is 5.74. The van der Waals surface area contributed by atoms with Gasteiger partial charge in [-0.25, -0.2) is 8.42 Å². The average molecular weight is 333 g/mol. The lowest BCUT2D eigenvalue weighted by Crippen LogP contribution is -2.39. The molecule has 0 atom stereocenters. The van der Waals surface area contributed by atoms with Crippen molar-refractivity contribution in [3.8, 4) is 0 Å². The molecule has 0 saturated carbocycles. The molecule has 1 rings (SSSR count). The molecule has 0 aliphatic rings. The average Bonchev–Trinajstić information content (AvgIpc) is 2.31. The largest absolute Gasteiger partial charge is 0.325 e. The lowest BCUT2D eigenvalue weighted by Gasteiger charge is -2.21. The van der Waals surface area contributed by atoms with Gasteiger partial charge in [0.1, 0.15) is 0 Å². The van der Waals surface area contributed by atoms with E-state index < -0.39 is 10.0 Å². The van der Waals surface area contributed by atoms with Gasteiger partial charge in [0.15, 0.2) is 0 Å². The van der Waals surface area contributed by atoms with Crippen molar-refractivity contribution in [2.45, 2.75) is 20.8 Å². The van der Waals surface area contributed by atoms with Crippen LogP contribution in [0.1, 0.15) is 19.4 Å². The third kappa shape index (κ3) is 6.03. The Hall–Kier alpha value is -1.11. The van der Waals surface area contributed by atoms with Crippen LogP contribution in [-0.2, 0) is 14.8 Å². The molecule has 0 saturated heterocycles. The van der Waals surface area contributed by atoms with Gasteiger partial charge in [-0.2, -0.15) is 4.31 Å². The number of anilines is 1. The Morgan fingerprint density at radius 1 is 1.38 bits per heavy atom. The first-order chi connectivity index (χ1) is 9.59. The fraction of sp³-hybridized carbons (Fsp3) is 0.500. The summed E-state index contributed by atoms with van der Waals surface area (Å²) in [5, 5.41) is 3.21. The fourth-order valence-electron chi connectivity index (χ4n) is 1.80. The summed E-state index contributed by atoms with van der Waals surface area (Å²) in [5.74, 6) is -0.244. The number of rotatable bonds is 6. The second-order valence-electron chi connectivity index (χ2n) is 5.46. The molecule has 1 aromatic carbocycles. The van der Waals surface area contributed by atoms with Gasteiger partial charge in [0, 0.05) is 17.3 Å². The van der Waals surface area contributed by atoms with Crippen LogP contribution < -0.4 is 5.32 Å². The van der Waals surface area contributed by atoms with Gasteiger partial charge in [0.05, 0.1) is 12.8 Å². The standard InChI is InChI=1S/C14H21ClN2O3S/c1-10(2)8-17(21(4,19)20)9-14(18)16-13-7-12(15)6-5-11(13)3/h5-7,10H,8-9H2,1-4H3,(H,16,18). The molecule has 0 bridgehead atoms. The minimum atomic E-state index is -3.42. The zero-order valence-electron chi connectivity index (χ0n) is 12.7. The smallest absolute Gasteiger partial charge is 0.239 e. The number of nitrogens with one attached hydrogen (secondary N) is 1. The Bertz CT molecular complexity index is 615. The highest BCUT2D eigenvalue weighted by molar-refractivity contribution is 7.88. The topological polar surface area (TPSA) is 66.5 Å². The normalized spacial score (nSPS) is 12.0. The molecule has 1 amide bonds. The number of amides is 1. The number of nitrogens with zero attached hydrogens (tertiary/aromatic N) is 1. The maximum absolute atomic E-state index is 12.1. The number of carbonyl (C=O) groups is 1. The minimum Gasteiger partial charge on any atom is -0.325 e. The van der Waals surface area contributed by atoms with Gasteiger partial charge in [0.25, 0.3) is 0 Å². The summed E-state index contributed by atoms with van der Waals surface area (Å²) >= 11 is 5.89. The summed E-state index contributed by atoms with van der Waals surface area (Å²) in [6.07, 6.45) is 1.10. The monoisotopic (exact) mass is 332 g/mol.